The van der Waals surface area contributed by atoms with Gasteiger partial charge in [-0.05, 0) is 24.6 Å². The van der Waals surface area contributed by atoms with Crippen LogP contribution in [0.2, 0.25) is 10.0 Å². The average Bonchev–Trinajstić information content (AvgIpc) is 2.56. The molecule has 102 valence electrons. The van der Waals surface area contributed by atoms with Crippen LogP contribution >= 0.6 is 23.2 Å². The Morgan fingerprint density at radius 2 is 2.11 bits per heavy atom. The molecule has 0 aliphatic heterocycles. The first kappa shape index (κ1) is 14.3. The summed E-state index contributed by atoms with van der Waals surface area (Å²) in [7, 11) is 1.81. The first-order chi connectivity index (χ1) is 8.90. The molecule has 0 aliphatic rings. The molecule has 0 radical (unpaired) electrons. The summed E-state index contributed by atoms with van der Waals surface area (Å²) < 4.78 is 14.7. The second-order valence-electron chi connectivity index (χ2n) is 4.45. The fourth-order valence-corrected chi connectivity index (χ4v) is 2.57. The Labute approximate surface area is 121 Å². The van der Waals surface area contributed by atoms with Crippen LogP contribution in [-0.2, 0) is 13.5 Å². The minimum absolute atomic E-state index is 0.322. The molecule has 0 fully saturated rings. The van der Waals surface area contributed by atoms with Crippen molar-refractivity contribution in [3.05, 3.63) is 51.0 Å². The van der Waals surface area contributed by atoms with Crippen LogP contribution in [0.25, 0.3) is 0 Å². The summed E-state index contributed by atoms with van der Waals surface area (Å²) in [6.45, 7) is 1.84. The van der Waals surface area contributed by atoms with E-state index in [0.29, 0.717) is 22.0 Å². The minimum atomic E-state index is -0.379. The maximum absolute atomic E-state index is 13.0. The van der Waals surface area contributed by atoms with E-state index in [0.717, 1.165) is 11.4 Å². The van der Waals surface area contributed by atoms with Crippen LogP contribution in [0, 0.1) is 12.7 Å². The van der Waals surface area contributed by atoms with Gasteiger partial charge in [0.15, 0.2) is 0 Å². The van der Waals surface area contributed by atoms with Crippen LogP contribution in [0.4, 0.5) is 4.39 Å². The minimum Gasteiger partial charge on any atom is -0.324 e. The van der Waals surface area contributed by atoms with Gasteiger partial charge < -0.3 is 5.73 Å². The molecular weight excluding hydrogens is 288 g/mol. The zero-order valence-corrected chi connectivity index (χ0v) is 12.1. The molecule has 0 spiro atoms. The molecule has 2 rings (SSSR count). The Bertz CT molecular complexity index is 610. The number of aromatic nitrogens is 2. The van der Waals surface area contributed by atoms with Crippen LogP contribution in [0.15, 0.2) is 18.2 Å². The zero-order chi connectivity index (χ0) is 14.2. The highest BCUT2D eigenvalue weighted by molar-refractivity contribution is 6.32. The molecule has 0 aliphatic carbocycles. The third-order valence-corrected chi connectivity index (χ3v) is 3.86. The van der Waals surface area contributed by atoms with Gasteiger partial charge in [0.05, 0.1) is 16.4 Å². The van der Waals surface area contributed by atoms with Crippen LogP contribution in [0.5, 0.6) is 0 Å². The van der Waals surface area contributed by atoms with Gasteiger partial charge >= 0.3 is 0 Å². The highest BCUT2D eigenvalue weighted by Crippen LogP contribution is 2.28. The molecule has 1 atom stereocenters. The van der Waals surface area contributed by atoms with Gasteiger partial charge in [0, 0.05) is 24.5 Å². The first-order valence-corrected chi connectivity index (χ1v) is 6.54. The summed E-state index contributed by atoms with van der Waals surface area (Å²) in [4.78, 5) is 0. The number of aryl methyl sites for hydroxylation is 2. The Morgan fingerprint density at radius 3 is 2.63 bits per heavy atom. The van der Waals surface area contributed by atoms with Crippen molar-refractivity contribution in [3.8, 4) is 0 Å². The highest BCUT2D eigenvalue weighted by Gasteiger charge is 2.17. The molecular formula is C13H14Cl2FN3. The second-order valence-corrected chi connectivity index (χ2v) is 5.23. The van der Waals surface area contributed by atoms with Crippen molar-refractivity contribution in [1.82, 2.24) is 9.78 Å². The van der Waals surface area contributed by atoms with E-state index >= 15 is 0 Å². The lowest BCUT2D eigenvalue weighted by molar-refractivity contribution is 0.619. The van der Waals surface area contributed by atoms with Crippen LogP contribution < -0.4 is 5.73 Å². The SMILES string of the molecule is Cc1nn(C)c(CC(N)c2ccc(F)cc2Cl)c1Cl. The Morgan fingerprint density at radius 1 is 1.42 bits per heavy atom. The third kappa shape index (κ3) is 2.91. The van der Waals surface area contributed by atoms with E-state index in [1.165, 1.54) is 12.1 Å². The maximum atomic E-state index is 13.0. The largest absolute Gasteiger partial charge is 0.324 e. The van der Waals surface area contributed by atoms with Crippen molar-refractivity contribution in [2.45, 2.75) is 19.4 Å². The van der Waals surface area contributed by atoms with Crippen LogP contribution in [0.1, 0.15) is 23.0 Å². The van der Waals surface area contributed by atoms with Gasteiger partial charge in [-0.25, -0.2) is 4.39 Å². The van der Waals surface area contributed by atoms with E-state index < -0.39 is 0 Å². The van der Waals surface area contributed by atoms with Gasteiger partial charge in [-0.15, -0.1) is 0 Å². The van der Waals surface area contributed by atoms with Crippen molar-refractivity contribution >= 4 is 23.2 Å². The number of hydrogen-bond acceptors (Lipinski definition) is 2. The molecule has 0 bridgehead atoms. The molecule has 1 aromatic carbocycles. The molecule has 0 saturated heterocycles. The second kappa shape index (κ2) is 5.49. The van der Waals surface area contributed by atoms with Crippen LogP contribution in [-0.4, -0.2) is 9.78 Å². The molecule has 2 aromatic rings. The van der Waals surface area contributed by atoms with E-state index in [2.05, 4.69) is 5.10 Å². The van der Waals surface area contributed by atoms with Gasteiger partial charge in [0.25, 0.3) is 0 Å². The molecule has 3 nitrogen and oxygen atoms in total. The summed E-state index contributed by atoms with van der Waals surface area (Å²) >= 11 is 12.2. The van der Waals surface area contributed by atoms with Gasteiger partial charge in [-0.3, -0.25) is 4.68 Å². The normalized spacial score (nSPS) is 12.7. The first-order valence-electron chi connectivity index (χ1n) is 5.78. The summed E-state index contributed by atoms with van der Waals surface area (Å²) in [6.07, 6.45) is 0.488. The van der Waals surface area contributed by atoms with E-state index in [4.69, 9.17) is 28.9 Å². The fourth-order valence-electron chi connectivity index (χ4n) is 2.02. The summed E-state index contributed by atoms with van der Waals surface area (Å²) in [5.74, 6) is -0.379. The quantitative estimate of drug-likeness (QED) is 0.944. The molecule has 0 amide bonds. The van der Waals surface area contributed by atoms with E-state index in [-0.39, 0.29) is 11.9 Å². The van der Waals surface area contributed by atoms with E-state index in [1.54, 1.807) is 10.7 Å². The van der Waals surface area contributed by atoms with Crippen molar-refractivity contribution < 1.29 is 4.39 Å². The van der Waals surface area contributed by atoms with Crippen molar-refractivity contribution in [3.63, 3.8) is 0 Å². The highest BCUT2D eigenvalue weighted by atomic mass is 35.5. The lowest BCUT2D eigenvalue weighted by Gasteiger charge is -2.14. The lowest BCUT2D eigenvalue weighted by atomic mass is 10.0. The average molecular weight is 302 g/mol. The molecule has 2 N–H and O–H groups in total. The summed E-state index contributed by atoms with van der Waals surface area (Å²) in [6, 6.07) is 3.84. The Balaban J connectivity index is 2.28. The molecule has 19 heavy (non-hydrogen) atoms. The maximum Gasteiger partial charge on any atom is 0.124 e. The van der Waals surface area contributed by atoms with Gasteiger partial charge in [0.2, 0.25) is 0 Å². The van der Waals surface area contributed by atoms with E-state index in [9.17, 15) is 4.39 Å². The Hall–Kier alpha value is -1.10. The lowest BCUT2D eigenvalue weighted by Crippen LogP contribution is -2.16. The number of benzene rings is 1. The topological polar surface area (TPSA) is 43.8 Å². The summed E-state index contributed by atoms with van der Waals surface area (Å²) in [5, 5.41) is 5.16. The van der Waals surface area contributed by atoms with Gasteiger partial charge in [-0.2, -0.15) is 5.10 Å². The van der Waals surface area contributed by atoms with Crippen molar-refractivity contribution in [1.29, 1.82) is 0 Å². The number of halogens is 3. The predicted molar refractivity (Wildman–Crippen MR) is 75.0 cm³/mol. The predicted octanol–water partition coefficient (Wildman–Crippen LogP) is 3.42. The zero-order valence-electron chi connectivity index (χ0n) is 10.6. The van der Waals surface area contributed by atoms with E-state index in [1.807, 2.05) is 14.0 Å². The molecule has 1 aromatic heterocycles. The standard InChI is InChI=1S/C13H14Cl2FN3/c1-7-13(15)12(19(2)18-7)6-11(17)9-4-3-8(16)5-10(9)14/h3-5,11H,6,17H2,1-2H3. The monoisotopic (exact) mass is 301 g/mol. The van der Waals surface area contributed by atoms with Crippen molar-refractivity contribution in [2.24, 2.45) is 12.8 Å². The fraction of sp³-hybridized carbons (Fsp3) is 0.308. The Kier molecular flexibility index (Phi) is 4.13. The van der Waals surface area contributed by atoms with Gasteiger partial charge in [-0.1, -0.05) is 29.3 Å². The number of rotatable bonds is 3. The molecule has 0 saturated carbocycles. The van der Waals surface area contributed by atoms with Crippen LogP contribution in [0.3, 0.4) is 0 Å². The van der Waals surface area contributed by atoms with Crippen molar-refractivity contribution in [2.75, 3.05) is 0 Å². The van der Waals surface area contributed by atoms with Gasteiger partial charge in [0.1, 0.15) is 5.82 Å². The molecule has 1 heterocycles. The molecule has 6 heteroatoms. The third-order valence-electron chi connectivity index (χ3n) is 3.04. The number of hydrogen-bond donors (Lipinski definition) is 1. The molecule has 1 unspecified atom stereocenters. The number of nitrogens with zero attached hydrogens (tertiary/aromatic N) is 2. The summed E-state index contributed by atoms with van der Waals surface area (Å²) in [5.41, 5.74) is 8.41. The smallest absolute Gasteiger partial charge is 0.124 e. The number of nitrogens with two attached hydrogens (primary N) is 1.